The molecule has 1 saturated heterocycles. The number of methoxy groups -OCH3 is 1. The second-order valence-electron chi connectivity index (χ2n) is 7.27. The lowest BCUT2D eigenvalue weighted by molar-refractivity contribution is 0.0798. The van der Waals surface area contributed by atoms with Crippen molar-refractivity contribution in [2.75, 3.05) is 45.2 Å². The molecule has 1 N–H and O–H groups in total. The van der Waals surface area contributed by atoms with Crippen LogP contribution in [-0.4, -0.2) is 44.8 Å². The molecule has 1 saturated carbocycles. The summed E-state index contributed by atoms with van der Waals surface area (Å²) >= 11 is 0. The molecule has 130 valence electrons. The summed E-state index contributed by atoms with van der Waals surface area (Å²) in [5, 5.41) is 12.3. The van der Waals surface area contributed by atoms with Crippen molar-refractivity contribution in [3.05, 3.63) is 29.8 Å². The van der Waals surface area contributed by atoms with E-state index < -0.39 is 0 Å². The van der Waals surface area contributed by atoms with E-state index in [1.54, 1.807) is 0 Å². The van der Waals surface area contributed by atoms with E-state index in [2.05, 4.69) is 16.3 Å². The van der Waals surface area contributed by atoms with Gasteiger partial charge in [-0.1, -0.05) is 0 Å². The van der Waals surface area contributed by atoms with Crippen LogP contribution in [0.15, 0.2) is 24.3 Å². The van der Waals surface area contributed by atoms with E-state index in [4.69, 9.17) is 10.00 Å². The third kappa shape index (κ3) is 4.28. The molecule has 3 rings (SSSR count). The lowest BCUT2D eigenvalue weighted by Crippen LogP contribution is -2.42. The van der Waals surface area contributed by atoms with Gasteiger partial charge in [-0.15, -0.1) is 0 Å². The summed E-state index contributed by atoms with van der Waals surface area (Å²) in [5.41, 5.74) is 1.82. The van der Waals surface area contributed by atoms with Gasteiger partial charge in [0.2, 0.25) is 0 Å². The summed E-state index contributed by atoms with van der Waals surface area (Å²) in [5.74, 6) is 2.69. The molecule has 0 aromatic heterocycles. The van der Waals surface area contributed by atoms with Gasteiger partial charge in [-0.25, -0.2) is 0 Å². The average Bonchev–Trinajstić information content (AvgIpc) is 2.85. The van der Waals surface area contributed by atoms with Gasteiger partial charge in [-0.05, 0) is 74.2 Å². The van der Waals surface area contributed by atoms with E-state index in [0.29, 0.717) is 5.56 Å². The van der Waals surface area contributed by atoms with Gasteiger partial charge in [-0.2, -0.15) is 5.26 Å². The number of hydrogen-bond acceptors (Lipinski definition) is 4. The number of nitriles is 1. The Labute approximate surface area is 145 Å². The first-order valence-electron chi connectivity index (χ1n) is 9.25. The van der Waals surface area contributed by atoms with Gasteiger partial charge in [0.1, 0.15) is 0 Å². The molecule has 0 spiro atoms. The smallest absolute Gasteiger partial charge is 0.0991 e. The maximum atomic E-state index is 8.82. The summed E-state index contributed by atoms with van der Waals surface area (Å²) in [4.78, 5) is 2.67. The molecule has 1 aromatic carbocycles. The second-order valence-corrected chi connectivity index (χ2v) is 7.27. The fraction of sp³-hybridized carbons (Fsp3) is 0.650. The molecule has 2 unspecified atom stereocenters. The SMILES string of the molecule is COCCC1C2CCC1CN(CCCNc1ccc(C#N)cc1)C2. The van der Waals surface area contributed by atoms with Gasteiger partial charge in [0.05, 0.1) is 11.6 Å². The van der Waals surface area contributed by atoms with E-state index in [-0.39, 0.29) is 0 Å². The van der Waals surface area contributed by atoms with Crippen LogP contribution in [0.25, 0.3) is 0 Å². The number of ether oxygens (including phenoxy) is 1. The number of piperidine rings is 1. The lowest BCUT2D eigenvalue weighted by atomic mass is 9.83. The first kappa shape index (κ1) is 17.3. The topological polar surface area (TPSA) is 48.3 Å². The number of anilines is 1. The highest BCUT2D eigenvalue weighted by molar-refractivity contribution is 5.46. The molecular weight excluding hydrogens is 298 g/mol. The van der Waals surface area contributed by atoms with Gasteiger partial charge >= 0.3 is 0 Å². The minimum Gasteiger partial charge on any atom is -0.385 e. The summed E-state index contributed by atoms with van der Waals surface area (Å²) in [6.45, 7) is 5.66. The van der Waals surface area contributed by atoms with E-state index in [0.717, 1.165) is 36.6 Å². The number of hydrogen-bond donors (Lipinski definition) is 1. The van der Waals surface area contributed by atoms with E-state index in [1.165, 1.54) is 45.3 Å². The summed E-state index contributed by atoms with van der Waals surface area (Å²) < 4.78 is 5.29. The molecule has 24 heavy (non-hydrogen) atoms. The molecule has 0 amide bonds. The fourth-order valence-corrected chi connectivity index (χ4v) is 4.54. The van der Waals surface area contributed by atoms with Crippen LogP contribution in [-0.2, 0) is 4.74 Å². The van der Waals surface area contributed by atoms with Gasteiger partial charge in [-0.3, -0.25) is 0 Å². The number of nitrogens with zero attached hydrogens (tertiary/aromatic N) is 2. The highest BCUT2D eigenvalue weighted by Crippen LogP contribution is 2.43. The van der Waals surface area contributed by atoms with Gasteiger partial charge in [0, 0.05) is 39.0 Å². The average molecular weight is 327 g/mol. The number of benzene rings is 1. The van der Waals surface area contributed by atoms with Crippen molar-refractivity contribution in [2.45, 2.75) is 25.7 Å². The molecule has 1 heterocycles. The maximum absolute atomic E-state index is 8.82. The Morgan fingerprint density at radius 1 is 1.21 bits per heavy atom. The quantitative estimate of drug-likeness (QED) is 0.744. The van der Waals surface area contributed by atoms with Crippen LogP contribution in [0.4, 0.5) is 5.69 Å². The zero-order valence-electron chi connectivity index (χ0n) is 14.7. The van der Waals surface area contributed by atoms with Crippen LogP contribution in [0.3, 0.4) is 0 Å². The van der Waals surface area contributed by atoms with Crippen molar-refractivity contribution < 1.29 is 4.74 Å². The molecule has 1 aliphatic carbocycles. The van der Waals surface area contributed by atoms with E-state index in [9.17, 15) is 0 Å². The Bertz CT molecular complexity index is 537. The normalized spacial score (nSPS) is 26.2. The summed E-state index contributed by atoms with van der Waals surface area (Å²) in [7, 11) is 1.82. The molecule has 0 radical (unpaired) electrons. The zero-order valence-corrected chi connectivity index (χ0v) is 14.7. The number of likely N-dealkylation sites (tertiary alicyclic amines) is 1. The van der Waals surface area contributed by atoms with Crippen molar-refractivity contribution >= 4 is 5.69 Å². The largest absolute Gasteiger partial charge is 0.385 e. The van der Waals surface area contributed by atoms with Crippen molar-refractivity contribution in [3.8, 4) is 6.07 Å². The highest BCUT2D eigenvalue weighted by Gasteiger charge is 2.40. The Morgan fingerprint density at radius 2 is 1.92 bits per heavy atom. The van der Waals surface area contributed by atoms with Crippen LogP contribution in [0.5, 0.6) is 0 Å². The predicted octanol–water partition coefficient (Wildman–Crippen LogP) is 3.35. The number of nitrogens with one attached hydrogen (secondary N) is 1. The second kappa shape index (κ2) is 8.50. The van der Waals surface area contributed by atoms with Crippen molar-refractivity contribution in [1.82, 2.24) is 4.90 Å². The molecule has 2 bridgehead atoms. The van der Waals surface area contributed by atoms with Crippen LogP contribution >= 0.6 is 0 Å². The minimum atomic E-state index is 0.715. The fourth-order valence-electron chi connectivity index (χ4n) is 4.54. The van der Waals surface area contributed by atoms with E-state index >= 15 is 0 Å². The molecule has 1 aromatic rings. The summed E-state index contributed by atoms with van der Waals surface area (Å²) in [6.07, 6.45) is 5.25. The first-order valence-corrected chi connectivity index (χ1v) is 9.25. The zero-order chi connectivity index (χ0) is 16.8. The van der Waals surface area contributed by atoms with Crippen LogP contribution < -0.4 is 5.32 Å². The predicted molar refractivity (Wildman–Crippen MR) is 96.9 cm³/mol. The van der Waals surface area contributed by atoms with Crippen molar-refractivity contribution in [1.29, 1.82) is 5.26 Å². The molecule has 2 atom stereocenters. The van der Waals surface area contributed by atoms with Gasteiger partial charge in [0.25, 0.3) is 0 Å². The van der Waals surface area contributed by atoms with Crippen LogP contribution in [0.1, 0.15) is 31.2 Å². The molecule has 4 heteroatoms. The van der Waals surface area contributed by atoms with Crippen LogP contribution in [0.2, 0.25) is 0 Å². The van der Waals surface area contributed by atoms with Gasteiger partial charge in [0.15, 0.2) is 0 Å². The number of fused-ring (bicyclic) bond motifs is 2. The number of rotatable bonds is 8. The van der Waals surface area contributed by atoms with Crippen molar-refractivity contribution in [2.24, 2.45) is 17.8 Å². The Balaban J connectivity index is 1.37. The molecular formula is C20H29N3O. The highest BCUT2D eigenvalue weighted by atomic mass is 16.5. The molecule has 2 fully saturated rings. The Kier molecular flexibility index (Phi) is 6.12. The van der Waals surface area contributed by atoms with Crippen LogP contribution in [0, 0.1) is 29.1 Å². The molecule has 2 aliphatic rings. The lowest BCUT2D eigenvalue weighted by Gasteiger charge is -2.38. The van der Waals surface area contributed by atoms with Gasteiger partial charge < -0.3 is 15.0 Å². The van der Waals surface area contributed by atoms with Crippen molar-refractivity contribution in [3.63, 3.8) is 0 Å². The molecule has 1 aliphatic heterocycles. The first-order chi connectivity index (χ1) is 11.8. The minimum absolute atomic E-state index is 0.715. The third-order valence-electron chi connectivity index (χ3n) is 5.75. The standard InChI is InChI=1S/C20H29N3O/c1-24-12-9-20-17-5-6-18(20)15-23(14-17)11-2-10-22-19-7-3-16(13-21)4-8-19/h3-4,7-8,17-18,20,22H,2,5-6,9-12,14-15H2,1H3. The monoisotopic (exact) mass is 327 g/mol. The Hall–Kier alpha value is -1.57. The summed E-state index contributed by atoms with van der Waals surface area (Å²) in [6, 6.07) is 9.86. The Morgan fingerprint density at radius 3 is 2.54 bits per heavy atom. The maximum Gasteiger partial charge on any atom is 0.0991 e. The molecule has 4 nitrogen and oxygen atoms in total. The van der Waals surface area contributed by atoms with E-state index in [1.807, 2.05) is 31.4 Å². The third-order valence-corrected chi connectivity index (χ3v) is 5.75.